The molecule has 0 radical (unpaired) electrons. The number of rotatable bonds is 8. The minimum atomic E-state index is 0.350. The second kappa shape index (κ2) is 11.9. The smallest absolute Gasteiger partial charge is 0.102 e. The summed E-state index contributed by atoms with van der Waals surface area (Å²) in [6, 6.07) is 36.4. The molecule has 41 heavy (non-hydrogen) atoms. The molecule has 0 amide bonds. The third-order valence-corrected chi connectivity index (χ3v) is 8.99. The van der Waals surface area contributed by atoms with Crippen molar-refractivity contribution in [2.45, 2.75) is 59.3 Å². The van der Waals surface area contributed by atoms with E-state index in [9.17, 15) is 0 Å². The van der Waals surface area contributed by atoms with E-state index in [4.69, 9.17) is 0 Å². The number of aryl methyl sites for hydroxylation is 4. The maximum absolute atomic E-state index is 2.63. The zero-order valence-electron chi connectivity index (χ0n) is 25.1. The lowest BCUT2D eigenvalue weighted by Crippen LogP contribution is -2.41. The van der Waals surface area contributed by atoms with Gasteiger partial charge in [0.25, 0.3) is 0 Å². The lowest BCUT2D eigenvalue weighted by molar-refractivity contribution is 0.515. The van der Waals surface area contributed by atoms with E-state index in [0.29, 0.717) is 12.3 Å². The van der Waals surface area contributed by atoms with Gasteiger partial charge in [-0.1, -0.05) is 70.8 Å². The van der Waals surface area contributed by atoms with Gasteiger partial charge in [0.05, 0.1) is 0 Å². The maximum atomic E-state index is 2.63. The summed E-state index contributed by atoms with van der Waals surface area (Å²) in [4.78, 5) is 10.5. The van der Waals surface area contributed by atoms with Crippen molar-refractivity contribution >= 4 is 22.7 Å². The normalized spacial score (nSPS) is 16.3. The summed E-state index contributed by atoms with van der Waals surface area (Å²) in [5, 5.41) is 0. The molecule has 0 aliphatic carbocycles. The van der Waals surface area contributed by atoms with Crippen LogP contribution >= 0.6 is 0 Å². The van der Waals surface area contributed by atoms with Crippen molar-refractivity contribution in [1.82, 2.24) is 0 Å². The SMILES string of the molecule is Cc1ccc(N2CCN(c3ccc(C)cc3)C2CCCC2N(c3ccc(C)cc3)CCN2c2ccc(C)cc2)cc1. The molecule has 0 aromatic heterocycles. The summed E-state index contributed by atoms with van der Waals surface area (Å²) in [6.45, 7) is 12.9. The number of nitrogens with zero attached hydrogens (tertiary/aromatic N) is 4. The summed E-state index contributed by atoms with van der Waals surface area (Å²) in [6.07, 6.45) is 4.11. The average molecular weight is 545 g/mol. The van der Waals surface area contributed by atoms with Crippen LogP contribution in [0, 0.1) is 27.7 Å². The zero-order valence-corrected chi connectivity index (χ0v) is 25.1. The van der Waals surface area contributed by atoms with Crippen LogP contribution in [0.25, 0.3) is 0 Å². The highest BCUT2D eigenvalue weighted by atomic mass is 15.4. The van der Waals surface area contributed by atoms with Crippen molar-refractivity contribution in [2.24, 2.45) is 0 Å². The van der Waals surface area contributed by atoms with Crippen molar-refractivity contribution in [3.05, 3.63) is 119 Å². The molecule has 2 heterocycles. The number of hydrogen-bond donors (Lipinski definition) is 0. The Morgan fingerprint density at radius 3 is 0.829 bits per heavy atom. The standard InChI is InChI=1S/C37H44N4/c1-28-8-16-32(17-9-28)38-24-25-39(33-18-10-29(2)11-19-33)36(38)6-5-7-37-40(34-20-12-30(3)13-21-34)26-27-41(37)35-22-14-31(4)15-23-35/h8-23,36-37H,5-7,24-27H2,1-4H3. The van der Waals surface area contributed by atoms with Gasteiger partial charge in [-0.15, -0.1) is 0 Å². The largest absolute Gasteiger partial charge is 0.349 e. The van der Waals surface area contributed by atoms with Gasteiger partial charge in [-0.2, -0.15) is 0 Å². The number of anilines is 4. The number of hydrogen-bond acceptors (Lipinski definition) is 4. The zero-order chi connectivity index (χ0) is 28.3. The highest BCUT2D eigenvalue weighted by molar-refractivity contribution is 5.59. The fourth-order valence-corrected chi connectivity index (χ4v) is 6.62. The van der Waals surface area contributed by atoms with E-state index >= 15 is 0 Å². The van der Waals surface area contributed by atoms with Crippen molar-refractivity contribution in [3.8, 4) is 0 Å². The Hall–Kier alpha value is -3.92. The molecule has 212 valence electrons. The fourth-order valence-electron chi connectivity index (χ4n) is 6.62. The molecule has 4 heteroatoms. The summed E-state index contributed by atoms with van der Waals surface area (Å²) in [5.41, 5.74) is 10.6. The second-order valence-corrected chi connectivity index (χ2v) is 12.0. The van der Waals surface area contributed by atoms with Crippen LogP contribution < -0.4 is 19.6 Å². The molecule has 0 spiro atoms. The third-order valence-electron chi connectivity index (χ3n) is 8.99. The van der Waals surface area contributed by atoms with Gasteiger partial charge in [0.2, 0.25) is 0 Å². The minimum absolute atomic E-state index is 0.350. The van der Waals surface area contributed by atoms with Crippen LogP contribution in [0.15, 0.2) is 97.1 Å². The Morgan fingerprint density at radius 2 is 0.610 bits per heavy atom. The molecule has 2 saturated heterocycles. The summed E-state index contributed by atoms with van der Waals surface area (Å²) < 4.78 is 0. The van der Waals surface area contributed by atoms with E-state index < -0.39 is 0 Å². The van der Waals surface area contributed by atoms with E-state index in [1.165, 1.54) is 45.0 Å². The topological polar surface area (TPSA) is 13.0 Å². The molecule has 0 bridgehead atoms. The van der Waals surface area contributed by atoms with Crippen LogP contribution in [0.3, 0.4) is 0 Å². The molecular formula is C37H44N4. The molecule has 4 aromatic carbocycles. The van der Waals surface area contributed by atoms with Crippen molar-refractivity contribution in [2.75, 3.05) is 45.8 Å². The molecule has 0 N–H and O–H groups in total. The molecule has 0 unspecified atom stereocenters. The van der Waals surface area contributed by atoms with Crippen LogP contribution in [0.5, 0.6) is 0 Å². The highest BCUT2D eigenvalue weighted by Gasteiger charge is 2.35. The van der Waals surface area contributed by atoms with Gasteiger partial charge in [-0.25, -0.2) is 0 Å². The molecule has 4 nitrogen and oxygen atoms in total. The average Bonchev–Trinajstić information content (AvgIpc) is 3.60. The Labute approximate surface area is 246 Å². The van der Waals surface area contributed by atoms with Crippen molar-refractivity contribution < 1.29 is 0 Å². The predicted octanol–water partition coefficient (Wildman–Crippen LogP) is 8.10. The van der Waals surface area contributed by atoms with Gasteiger partial charge < -0.3 is 19.6 Å². The van der Waals surface area contributed by atoms with E-state index in [1.54, 1.807) is 0 Å². The first kappa shape index (κ1) is 27.3. The molecule has 0 atom stereocenters. The second-order valence-electron chi connectivity index (χ2n) is 12.0. The van der Waals surface area contributed by atoms with Crippen LogP contribution in [-0.2, 0) is 0 Å². The first-order valence-electron chi connectivity index (χ1n) is 15.3. The Balaban J connectivity index is 1.24. The summed E-state index contributed by atoms with van der Waals surface area (Å²) in [5.74, 6) is 0. The quantitative estimate of drug-likeness (QED) is 0.222. The lowest BCUT2D eigenvalue weighted by Gasteiger charge is -2.36. The van der Waals surface area contributed by atoms with Crippen molar-refractivity contribution in [1.29, 1.82) is 0 Å². The van der Waals surface area contributed by atoms with Crippen LogP contribution in [-0.4, -0.2) is 38.5 Å². The first-order chi connectivity index (χ1) is 20.0. The predicted molar refractivity (Wildman–Crippen MR) is 176 cm³/mol. The van der Waals surface area contributed by atoms with Gasteiger partial charge in [-0.3, -0.25) is 0 Å². The molecule has 4 aromatic rings. The monoisotopic (exact) mass is 544 g/mol. The van der Waals surface area contributed by atoms with Gasteiger partial charge in [0.1, 0.15) is 12.3 Å². The molecule has 2 fully saturated rings. The third kappa shape index (κ3) is 5.93. The van der Waals surface area contributed by atoms with Gasteiger partial charge in [-0.05, 0) is 95.5 Å². The highest BCUT2D eigenvalue weighted by Crippen LogP contribution is 2.34. The van der Waals surface area contributed by atoms with E-state index in [2.05, 4.69) is 144 Å². The van der Waals surface area contributed by atoms with Gasteiger partial charge >= 0.3 is 0 Å². The fraction of sp³-hybridized carbons (Fsp3) is 0.351. The van der Waals surface area contributed by atoms with Crippen molar-refractivity contribution in [3.63, 3.8) is 0 Å². The van der Waals surface area contributed by atoms with Crippen LogP contribution in [0.2, 0.25) is 0 Å². The molecule has 2 aliphatic rings. The Bertz CT molecular complexity index is 1190. The molecule has 6 rings (SSSR count). The lowest BCUT2D eigenvalue weighted by atomic mass is 10.1. The molecule has 2 aliphatic heterocycles. The first-order valence-corrected chi connectivity index (χ1v) is 15.3. The Morgan fingerprint density at radius 1 is 0.390 bits per heavy atom. The van der Waals surface area contributed by atoms with Gasteiger partial charge in [0, 0.05) is 48.9 Å². The molecule has 0 saturated carbocycles. The van der Waals surface area contributed by atoms with Crippen LogP contribution in [0.1, 0.15) is 41.5 Å². The number of benzene rings is 4. The molecular weight excluding hydrogens is 500 g/mol. The summed E-state index contributed by atoms with van der Waals surface area (Å²) >= 11 is 0. The summed E-state index contributed by atoms with van der Waals surface area (Å²) in [7, 11) is 0. The Kier molecular flexibility index (Phi) is 7.91. The van der Waals surface area contributed by atoms with E-state index in [0.717, 1.165) is 45.4 Å². The van der Waals surface area contributed by atoms with Gasteiger partial charge in [0.15, 0.2) is 0 Å². The van der Waals surface area contributed by atoms with E-state index in [-0.39, 0.29) is 0 Å². The minimum Gasteiger partial charge on any atom is -0.349 e. The van der Waals surface area contributed by atoms with Crippen LogP contribution in [0.4, 0.5) is 22.7 Å². The maximum Gasteiger partial charge on any atom is 0.102 e. The van der Waals surface area contributed by atoms with E-state index in [1.807, 2.05) is 0 Å².